The van der Waals surface area contributed by atoms with E-state index in [1.54, 1.807) is 6.92 Å². The molecule has 2 unspecified atom stereocenters. The molecule has 86 valence electrons. The molecule has 3 aliphatic rings. The van der Waals surface area contributed by atoms with Crippen molar-refractivity contribution in [3.05, 3.63) is 11.6 Å². The van der Waals surface area contributed by atoms with Gasteiger partial charge in [0.1, 0.15) is 0 Å². The van der Waals surface area contributed by atoms with Crippen molar-refractivity contribution < 1.29 is 14.3 Å². The zero-order valence-electron chi connectivity index (χ0n) is 9.31. The Hall–Kier alpha value is -1.16. The Morgan fingerprint density at radius 1 is 1.31 bits per heavy atom. The summed E-state index contributed by atoms with van der Waals surface area (Å²) >= 11 is 0. The molecule has 0 N–H and O–H groups in total. The van der Waals surface area contributed by atoms with Crippen LogP contribution in [0.2, 0.25) is 0 Å². The van der Waals surface area contributed by atoms with E-state index in [1.807, 2.05) is 0 Å². The summed E-state index contributed by atoms with van der Waals surface area (Å²) in [7, 11) is 0. The van der Waals surface area contributed by atoms with Gasteiger partial charge in [0.25, 0.3) is 11.8 Å². The van der Waals surface area contributed by atoms with Crippen molar-refractivity contribution in [1.82, 2.24) is 4.90 Å². The highest BCUT2D eigenvalue weighted by Gasteiger charge is 2.47. The maximum Gasteiger partial charge on any atom is 0.256 e. The Labute approximate surface area is 94.2 Å². The first-order chi connectivity index (χ1) is 7.68. The van der Waals surface area contributed by atoms with Gasteiger partial charge in [0.15, 0.2) is 0 Å². The Balaban J connectivity index is 1.82. The highest BCUT2D eigenvalue weighted by Crippen LogP contribution is 2.41. The van der Waals surface area contributed by atoms with Crippen LogP contribution in [0.5, 0.6) is 0 Å². The number of carbonyl (C=O) groups is 2. The third kappa shape index (κ3) is 1.40. The van der Waals surface area contributed by atoms with Gasteiger partial charge < -0.3 is 4.74 Å². The molecule has 2 atom stereocenters. The molecule has 2 heterocycles. The van der Waals surface area contributed by atoms with E-state index in [0.29, 0.717) is 18.1 Å². The van der Waals surface area contributed by atoms with Crippen LogP contribution in [-0.2, 0) is 14.3 Å². The monoisotopic (exact) mass is 221 g/mol. The van der Waals surface area contributed by atoms with Crippen LogP contribution < -0.4 is 0 Å². The van der Waals surface area contributed by atoms with E-state index in [0.717, 1.165) is 6.42 Å². The summed E-state index contributed by atoms with van der Waals surface area (Å²) in [4.78, 5) is 25.0. The number of hydrogen-bond donors (Lipinski definition) is 0. The fourth-order valence-corrected chi connectivity index (χ4v) is 2.67. The number of amides is 2. The quantitative estimate of drug-likeness (QED) is 0.650. The first kappa shape index (κ1) is 10.0. The zero-order valence-corrected chi connectivity index (χ0v) is 9.31. The first-order valence-corrected chi connectivity index (χ1v) is 5.86. The highest BCUT2D eigenvalue weighted by atomic mass is 16.5. The van der Waals surface area contributed by atoms with Gasteiger partial charge in [-0.25, -0.2) is 0 Å². The molecule has 2 fully saturated rings. The fraction of sp³-hybridized carbons (Fsp3) is 0.667. The molecule has 2 aliphatic heterocycles. The van der Waals surface area contributed by atoms with Gasteiger partial charge in [-0.3, -0.25) is 14.5 Å². The second-order valence-corrected chi connectivity index (χ2v) is 4.87. The molecule has 2 amide bonds. The Bertz CT molecular complexity index is 384. The standard InChI is InChI=1S/C12H15NO3/c1-7-6-10(14)13(12(7)15)9-4-5-16-11(9)8-2-3-8/h6,8-9,11H,2-5H2,1H3. The number of imide groups is 1. The summed E-state index contributed by atoms with van der Waals surface area (Å²) in [5.41, 5.74) is 0.548. The fourth-order valence-electron chi connectivity index (χ4n) is 2.67. The average Bonchev–Trinajstić information content (AvgIpc) is 2.92. The third-order valence-corrected chi connectivity index (χ3v) is 3.65. The van der Waals surface area contributed by atoms with Crippen molar-refractivity contribution in [3.63, 3.8) is 0 Å². The summed E-state index contributed by atoms with van der Waals surface area (Å²) in [6.45, 7) is 2.37. The van der Waals surface area contributed by atoms with Crippen LogP contribution in [0.1, 0.15) is 26.2 Å². The SMILES string of the molecule is CC1=CC(=O)N(C2CCOC2C2CC2)C1=O. The van der Waals surface area contributed by atoms with E-state index in [9.17, 15) is 9.59 Å². The van der Waals surface area contributed by atoms with Crippen LogP contribution >= 0.6 is 0 Å². The molecule has 4 nitrogen and oxygen atoms in total. The number of hydrogen-bond acceptors (Lipinski definition) is 3. The third-order valence-electron chi connectivity index (χ3n) is 3.65. The lowest BCUT2D eigenvalue weighted by molar-refractivity contribution is -0.141. The van der Waals surface area contributed by atoms with Crippen LogP contribution in [0, 0.1) is 5.92 Å². The summed E-state index contributed by atoms with van der Waals surface area (Å²) < 4.78 is 5.66. The molecule has 0 bridgehead atoms. The molecule has 3 rings (SSSR count). The Morgan fingerprint density at radius 2 is 2.06 bits per heavy atom. The van der Waals surface area contributed by atoms with E-state index in [1.165, 1.54) is 23.8 Å². The van der Waals surface area contributed by atoms with Gasteiger partial charge >= 0.3 is 0 Å². The van der Waals surface area contributed by atoms with Crippen molar-refractivity contribution in [1.29, 1.82) is 0 Å². The summed E-state index contributed by atoms with van der Waals surface area (Å²) in [5.74, 6) is 0.267. The Morgan fingerprint density at radius 3 is 2.62 bits per heavy atom. The molecular weight excluding hydrogens is 206 g/mol. The lowest BCUT2D eigenvalue weighted by Crippen LogP contribution is -2.45. The lowest BCUT2D eigenvalue weighted by atomic mass is 10.0. The lowest BCUT2D eigenvalue weighted by Gasteiger charge is -2.26. The van der Waals surface area contributed by atoms with Gasteiger partial charge in [-0.15, -0.1) is 0 Å². The van der Waals surface area contributed by atoms with Gasteiger partial charge in [0.2, 0.25) is 0 Å². The zero-order chi connectivity index (χ0) is 11.3. The maximum atomic E-state index is 11.9. The van der Waals surface area contributed by atoms with Gasteiger partial charge in [0.05, 0.1) is 12.1 Å². The summed E-state index contributed by atoms with van der Waals surface area (Å²) in [6.07, 6.45) is 4.66. The predicted octanol–water partition coefficient (Wildman–Crippen LogP) is 0.869. The van der Waals surface area contributed by atoms with E-state index in [4.69, 9.17) is 4.74 Å². The molecule has 16 heavy (non-hydrogen) atoms. The summed E-state index contributed by atoms with van der Waals surface area (Å²) in [6, 6.07) is -0.0267. The van der Waals surface area contributed by atoms with E-state index in [-0.39, 0.29) is 24.0 Å². The second kappa shape index (κ2) is 3.42. The van der Waals surface area contributed by atoms with E-state index >= 15 is 0 Å². The van der Waals surface area contributed by atoms with Gasteiger partial charge in [0, 0.05) is 18.3 Å². The average molecular weight is 221 g/mol. The molecule has 1 saturated heterocycles. The minimum atomic E-state index is -0.163. The van der Waals surface area contributed by atoms with Crippen LogP contribution in [0.3, 0.4) is 0 Å². The van der Waals surface area contributed by atoms with Crippen molar-refractivity contribution in [2.24, 2.45) is 5.92 Å². The minimum absolute atomic E-state index is 0.0267. The number of rotatable bonds is 2. The maximum absolute atomic E-state index is 11.9. The minimum Gasteiger partial charge on any atom is -0.376 e. The molecule has 0 aromatic carbocycles. The van der Waals surface area contributed by atoms with E-state index in [2.05, 4.69) is 0 Å². The molecule has 0 radical (unpaired) electrons. The normalized spacial score (nSPS) is 34.8. The Kier molecular flexibility index (Phi) is 2.14. The molecule has 1 saturated carbocycles. The van der Waals surface area contributed by atoms with Crippen LogP contribution in [-0.4, -0.2) is 35.5 Å². The van der Waals surface area contributed by atoms with Crippen LogP contribution in [0.4, 0.5) is 0 Å². The smallest absolute Gasteiger partial charge is 0.256 e. The van der Waals surface area contributed by atoms with Gasteiger partial charge in [-0.2, -0.15) is 0 Å². The topological polar surface area (TPSA) is 46.6 Å². The number of carbonyl (C=O) groups excluding carboxylic acids is 2. The van der Waals surface area contributed by atoms with Crippen LogP contribution in [0.25, 0.3) is 0 Å². The molecule has 1 aliphatic carbocycles. The molecule has 4 heteroatoms. The first-order valence-electron chi connectivity index (χ1n) is 5.86. The molecule has 0 aromatic heterocycles. The van der Waals surface area contributed by atoms with Gasteiger partial charge in [-0.05, 0) is 32.1 Å². The predicted molar refractivity (Wildman–Crippen MR) is 56.5 cm³/mol. The van der Waals surface area contributed by atoms with Crippen molar-refractivity contribution in [2.45, 2.75) is 38.3 Å². The van der Waals surface area contributed by atoms with Gasteiger partial charge in [-0.1, -0.05) is 0 Å². The highest BCUT2D eigenvalue weighted by molar-refractivity contribution is 6.16. The summed E-state index contributed by atoms with van der Waals surface area (Å²) in [5, 5.41) is 0. The van der Waals surface area contributed by atoms with Crippen molar-refractivity contribution >= 4 is 11.8 Å². The number of ether oxygens (including phenoxy) is 1. The molecule has 0 spiro atoms. The second-order valence-electron chi connectivity index (χ2n) is 4.87. The van der Waals surface area contributed by atoms with Crippen LogP contribution in [0.15, 0.2) is 11.6 Å². The van der Waals surface area contributed by atoms with E-state index < -0.39 is 0 Å². The number of nitrogens with zero attached hydrogens (tertiary/aromatic N) is 1. The molecule has 0 aromatic rings. The molecular formula is C12H15NO3. The van der Waals surface area contributed by atoms with Crippen molar-refractivity contribution in [3.8, 4) is 0 Å². The van der Waals surface area contributed by atoms with Crippen molar-refractivity contribution in [2.75, 3.05) is 6.61 Å². The largest absolute Gasteiger partial charge is 0.376 e.